The average Bonchev–Trinajstić information content (AvgIpc) is 1.96. The fraction of sp³-hybridized carbons (Fsp3) is 1.00. The maximum Gasteiger partial charge on any atom is 0.469 e. The zero-order valence-electron chi connectivity index (χ0n) is 7.56. The first-order valence-electron chi connectivity index (χ1n) is 4.15. The largest absolute Gasteiger partial charge is 0.469 e. The SMILES string of the molecule is CCC(C)CCCOP(=O)(O)O. The summed E-state index contributed by atoms with van der Waals surface area (Å²) in [6.07, 6.45) is 2.76. The van der Waals surface area contributed by atoms with Crippen molar-refractivity contribution >= 4 is 7.82 Å². The van der Waals surface area contributed by atoms with Crippen LogP contribution in [-0.4, -0.2) is 16.4 Å². The number of hydrogen-bond donors (Lipinski definition) is 2. The summed E-state index contributed by atoms with van der Waals surface area (Å²) in [6, 6.07) is 0. The number of rotatable bonds is 6. The van der Waals surface area contributed by atoms with Crippen molar-refractivity contribution in [3.05, 3.63) is 0 Å². The average molecular weight is 196 g/mol. The number of phosphoric ester groups is 1. The third kappa shape index (κ3) is 8.21. The Labute approximate surface area is 73.2 Å². The summed E-state index contributed by atoms with van der Waals surface area (Å²) in [5.41, 5.74) is 0. The molecule has 0 bridgehead atoms. The van der Waals surface area contributed by atoms with E-state index in [1.807, 2.05) is 0 Å². The quantitative estimate of drug-likeness (QED) is 0.503. The zero-order chi connectivity index (χ0) is 9.61. The summed E-state index contributed by atoms with van der Waals surface area (Å²) in [5.74, 6) is 0.602. The molecule has 0 fully saturated rings. The van der Waals surface area contributed by atoms with Gasteiger partial charge < -0.3 is 9.79 Å². The minimum atomic E-state index is -4.23. The van der Waals surface area contributed by atoms with Gasteiger partial charge in [0.1, 0.15) is 0 Å². The summed E-state index contributed by atoms with van der Waals surface area (Å²) in [6.45, 7) is 4.35. The molecule has 0 amide bonds. The van der Waals surface area contributed by atoms with Gasteiger partial charge in [0.2, 0.25) is 0 Å². The summed E-state index contributed by atoms with van der Waals surface area (Å²) in [5, 5.41) is 0. The lowest BCUT2D eigenvalue weighted by Gasteiger charge is -2.08. The predicted molar refractivity (Wildman–Crippen MR) is 46.7 cm³/mol. The standard InChI is InChI=1S/C7H17O4P/c1-3-7(2)5-4-6-11-12(8,9)10/h7H,3-6H2,1-2H3,(H2,8,9,10). The van der Waals surface area contributed by atoms with Gasteiger partial charge in [-0.05, 0) is 18.8 Å². The molecule has 0 rings (SSSR count). The molecule has 0 aromatic rings. The number of hydrogen-bond acceptors (Lipinski definition) is 2. The molecule has 4 nitrogen and oxygen atoms in total. The van der Waals surface area contributed by atoms with E-state index in [1.54, 1.807) is 0 Å². The van der Waals surface area contributed by atoms with Gasteiger partial charge in [0, 0.05) is 0 Å². The molecule has 0 radical (unpaired) electrons. The summed E-state index contributed by atoms with van der Waals surface area (Å²) in [7, 11) is -4.23. The second-order valence-electron chi connectivity index (χ2n) is 2.98. The molecule has 5 heteroatoms. The van der Waals surface area contributed by atoms with Crippen molar-refractivity contribution in [2.45, 2.75) is 33.1 Å². The molecule has 0 aliphatic carbocycles. The van der Waals surface area contributed by atoms with Crippen molar-refractivity contribution in [1.29, 1.82) is 0 Å². The molecular formula is C7H17O4P. The second kappa shape index (κ2) is 5.70. The monoisotopic (exact) mass is 196 g/mol. The van der Waals surface area contributed by atoms with Crippen LogP contribution in [0.5, 0.6) is 0 Å². The molecule has 1 atom stereocenters. The van der Waals surface area contributed by atoms with E-state index in [9.17, 15) is 4.57 Å². The van der Waals surface area contributed by atoms with Crippen LogP contribution in [0.4, 0.5) is 0 Å². The van der Waals surface area contributed by atoms with E-state index in [4.69, 9.17) is 9.79 Å². The molecule has 0 saturated carbocycles. The molecule has 0 aromatic heterocycles. The molecule has 12 heavy (non-hydrogen) atoms. The Morgan fingerprint density at radius 2 is 2.08 bits per heavy atom. The van der Waals surface area contributed by atoms with Gasteiger partial charge in [0.05, 0.1) is 6.61 Å². The topological polar surface area (TPSA) is 66.8 Å². The van der Waals surface area contributed by atoms with Crippen molar-refractivity contribution in [1.82, 2.24) is 0 Å². The van der Waals surface area contributed by atoms with Crippen LogP contribution in [-0.2, 0) is 9.09 Å². The van der Waals surface area contributed by atoms with Gasteiger partial charge in [-0.25, -0.2) is 4.57 Å². The normalized spacial score (nSPS) is 14.7. The Kier molecular flexibility index (Phi) is 5.76. The van der Waals surface area contributed by atoms with Gasteiger partial charge in [0.25, 0.3) is 0 Å². The fourth-order valence-electron chi connectivity index (χ4n) is 0.819. The van der Waals surface area contributed by atoms with Gasteiger partial charge in [-0.3, -0.25) is 4.52 Å². The van der Waals surface area contributed by atoms with E-state index in [-0.39, 0.29) is 6.61 Å². The first-order chi connectivity index (χ1) is 5.45. The molecule has 0 aromatic carbocycles. The zero-order valence-corrected chi connectivity index (χ0v) is 8.46. The van der Waals surface area contributed by atoms with Crippen LogP contribution in [0.3, 0.4) is 0 Å². The van der Waals surface area contributed by atoms with Crippen LogP contribution in [0, 0.1) is 5.92 Å². The van der Waals surface area contributed by atoms with Crippen LogP contribution >= 0.6 is 7.82 Å². The molecule has 2 N–H and O–H groups in total. The Balaban J connectivity index is 3.28. The van der Waals surface area contributed by atoms with E-state index in [2.05, 4.69) is 18.4 Å². The predicted octanol–water partition coefficient (Wildman–Crippen LogP) is 1.92. The lowest BCUT2D eigenvalue weighted by atomic mass is 10.0. The van der Waals surface area contributed by atoms with Crippen molar-refractivity contribution in [3.8, 4) is 0 Å². The van der Waals surface area contributed by atoms with Crippen molar-refractivity contribution < 1.29 is 18.9 Å². The summed E-state index contributed by atoms with van der Waals surface area (Å²) >= 11 is 0. The maximum absolute atomic E-state index is 10.2. The highest BCUT2D eigenvalue weighted by molar-refractivity contribution is 7.46. The van der Waals surface area contributed by atoms with Crippen LogP contribution in [0.2, 0.25) is 0 Å². The molecule has 1 unspecified atom stereocenters. The highest BCUT2D eigenvalue weighted by Crippen LogP contribution is 2.35. The van der Waals surface area contributed by atoms with Crippen molar-refractivity contribution in [2.24, 2.45) is 5.92 Å². The molecule has 0 aliphatic heterocycles. The van der Waals surface area contributed by atoms with Crippen LogP contribution in [0.25, 0.3) is 0 Å². The van der Waals surface area contributed by atoms with Crippen LogP contribution < -0.4 is 0 Å². The van der Waals surface area contributed by atoms with Gasteiger partial charge >= 0.3 is 7.82 Å². The van der Waals surface area contributed by atoms with E-state index in [0.717, 1.165) is 12.8 Å². The highest BCUT2D eigenvalue weighted by Gasteiger charge is 2.12. The van der Waals surface area contributed by atoms with Crippen molar-refractivity contribution in [3.63, 3.8) is 0 Å². The first kappa shape index (κ1) is 12.1. The maximum atomic E-state index is 10.2. The van der Waals surface area contributed by atoms with E-state index >= 15 is 0 Å². The van der Waals surface area contributed by atoms with Crippen LogP contribution in [0.15, 0.2) is 0 Å². The minimum Gasteiger partial charge on any atom is -0.303 e. The third-order valence-electron chi connectivity index (χ3n) is 1.80. The van der Waals surface area contributed by atoms with Gasteiger partial charge in [0.15, 0.2) is 0 Å². The van der Waals surface area contributed by atoms with Gasteiger partial charge in [-0.2, -0.15) is 0 Å². The number of phosphoric acid groups is 1. The highest BCUT2D eigenvalue weighted by atomic mass is 31.2. The minimum absolute atomic E-state index is 0.147. The van der Waals surface area contributed by atoms with Crippen molar-refractivity contribution in [2.75, 3.05) is 6.61 Å². The molecule has 0 heterocycles. The Hall–Kier alpha value is 0.110. The van der Waals surface area contributed by atoms with E-state index in [0.29, 0.717) is 12.3 Å². The Morgan fingerprint density at radius 3 is 2.50 bits per heavy atom. The second-order valence-corrected chi connectivity index (χ2v) is 4.22. The molecule has 0 aliphatic rings. The molecule has 0 saturated heterocycles. The molecular weight excluding hydrogens is 179 g/mol. The Morgan fingerprint density at radius 1 is 1.50 bits per heavy atom. The fourth-order valence-corrected chi connectivity index (χ4v) is 1.19. The third-order valence-corrected chi connectivity index (χ3v) is 2.32. The first-order valence-corrected chi connectivity index (χ1v) is 5.69. The van der Waals surface area contributed by atoms with E-state index in [1.165, 1.54) is 0 Å². The smallest absolute Gasteiger partial charge is 0.303 e. The molecule has 74 valence electrons. The lowest BCUT2D eigenvalue weighted by molar-refractivity contribution is 0.190. The molecule has 0 spiro atoms. The van der Waals surface area contributed by atoms with E-state index < -0.39 is 7.82 Å². The summed E-state index contributed by atoms with van der Waals surface area (Å²) < 4.78 is 14.5. The Bertz CT molecular complexity index is 153. The summed E-state index contributed by atoms with van der Waals surface area (Å²) in [4.78, 5) is 16.7. The van der Waals surface area contributed by atoms with Gasteiger partial charge in [-0.15, -0.1) is 0 Å². The van der Waals surface area contributed by atoms with Gasteiger partial charge in [-0.1, -0.05) is 20.3 Å². The lowest BCUT2D eigenvalue weighted by Crippen LogP contribution is -1.97. The van der Waals surface area contributed by atoms with Crippen LogP contribution in [0.1, 0.15) is 33.1 Å².